The Morgan fingerprint density at radius 2 is 1.81 bits per heavy atom. The maximum Gasteiger partial charge on any atom is 0.433 e. The minimum Gasteiger partial charge on any atom is -0.493 e. The fourth-order valence-electron chi connectivity index (χ4n) is 2.64. The number of hydrogen-bond donors (Lipinski definition) is 1. The predicted molar refractivity (Wildman–Crippen MR) is 109 cm³/mol. The van der Waals surface area contributed by atoms with E-state index in [4.69, 9.17) is 9.47 Å². The van der Waals surface area contributed by atoms with Crippen molar-refractivity contribution >= 4 is 22.4 Å². The number of carbonyl (C=O) groups is 1. The molecule has 1 N–H and O–H groups in total. The lowest BCUT2D eigenvalue weighted by molar-refractivity contribution is -0.141. The minimum atomic E-state index is -4.79. The van der Waals surface area contributed by atoms with Crippen molar-refractivity contribution in [2.24, 2.45) is 0 Å². The second kappa shape index (κ2) is 9.35. The molecule has 0 radical (unpaired) electrons. The van der Waals surface area contributed by atoms with Crippen LogP contribution in [0.25, 0.3) is 0 Å². The van der Waals surface area contributed by atoms with Crippen LogP contribution < -0.4 is 14.8 Å². The number of halogens is 4. The van der Waals surface area contributed by atoms with Crippen LogP contribution in [0.5, 0.6) is 17.2 Å². The van der Waals surface area contributed by atoms with Gasteiger partial charge < -0.3 is 14.8 Å². The molecule has 1 aromatic heterocycles. The molecule has 1 amide bonds. The van der Waals surface area contributed by atoms with Gasteiger partial charge in [0.1, 0.15) is 22.8 Å². The van der Waals surface area contributed by atoms with Gasteiger partial charge in [-0.3, -0.25) is 14.0 Å². The van der Waals surface area contributed by atoms with Gasteiger partial charge in [-0.1, -0.05) is 6.07 Å². The predicted octanol–water partition coefficient (Wildman–Crippen LogP) is 5.03. The molecule has 1 atom stereocenters. The number of anilines is 1. The summed E-state index contributed by atoms with van der Waals surface area (Å²) in [6.45, 7) is 0. The summed E-state index contributed by atoms with van der Waals surface area (Å²) in [5, 5.41) is 2.51. The molecule has 0 bridgehead atoms. The summed E-state index contributed by atoms with van der Waals surface area (Å²) < 4.78 is 75.1. The Hall–Kier alpha value is -3.47. The van der Waals surface area contributed by atoms with Gasteiger partial charge in [0.25, 0.3) is 5.91 Å². The van der Waals surface area contributed by atoms with Gasteiger partial charge in [0.05, 0.1) is 7.11 Å². The fraction of sp³-hybridized carbons (Fsp3) is 0.143. The third kappa shape index (κ3) is 5.41. The monoisotopic (exact) mass is 468 g/mol. The topological polar surface area (TPSA) is 77.5 Å². The number of pyridine rings is 1. The first-order valence-electron chi connectivity index (χ1n) is 8.92. The van der Waals surface area contributed by atoms with E-state index in [1.807, 2.05) is 0 Å². The van der Waals surface area contributed by atoms with Gasteiger partial charge in [-0.2, -0.15) is 13.2 Å². The molecule has 3 aromatic rings. The molecule has 0 fully saturated rings. The lowest BCUT2D eigenvalue weighted by atomic mass is 10.2. The fourth-order valence-corrected chi connectivity index (χ4v) is 3.21. The summed E-state index contributed by atoms with van der Waals surface area (Å²) >= 11 is 0. The number of nitrogens with zero attached hydrogens (tertiary/aromatic N) is 1. The smallest absolute Gasteiger partial charge is 0.433 e. The van der Waals surface area contributed by atoms with E-state index in [2.05, 4.69) is 10.3 Å². The van der Waals surface area contributed by atoms with Crippen LogP contribution in [0.4, 0.5) is 23.2 Å². The SMILES string of the molecule is COc1cc(F)ccc1Oc1cc(C(F)(F)F)ncc1C(=O)Nc1cccc(S(C)=O)c1. The molecule has 1 unspecified atom stereocenters. The zero-order valence-corrected chi connectivity index (χ0v) is 17.5. The number of rotatable bonds is 6. The number of aromatic nitrogens is 1. The standard InChI is InChI=1S/C21H16F4N2O4S/c1-30-18-8-12(22)6-7-16(18)31-17-10-19(21(23,24)25)26-11-15(17)20(28)27-13-4-3-5-14(9-13)32(2)29/h3-11H,1-2H3,(H,27,28). The van der Waals surface area contributed by atoms with Crippen molar-refractivity contribution in [2.75, 3.05) is 18.7 Å². The largest absolute Gasteiger partial charge is 0.493 e. The Morgan fingerprint density at radius 1 is 1.06 bits per heavy atom. The molecule has 0 saturated heterocycles. The van der Waals surface area contributed by atoms with Crippen LogP contribution >= 0.6 is 0 Å². The van der Waals surface area contributed by atoms with Gasteiger partial charge in [-0.25, -0.2) is 4.39 Å². The van der Waals surface area contributed by atoms with E-state index in [1.54, 1.807) is 12.1 Å². The molecule has 2 aromatic carbocycles. The van der Waals surface area contributed by atoms with E-state index in [0.29, 0.717) is 11.0 Å². The van der Waals surface area contributed by atoms with Crippen LogP contribution in [0.15, 0.2) is 59.6 Å². The van der Waals surface area contributed by atoms with Crippen molar-refractivity contribution in [3.63, 3.8) is 0 Å². The Bertz CT molecular complexity index is 1180. The van der Waals surface area contributed by atoms with Gasteiger partial charge in [-0.05, 0) is 30.3 Å². The molecule has 0 aliphatic rings. The Balaban J connectivity index is 2.01. The highest BCUT2D eigenvalue weighted by Crippen LogP contribution is 2.37. The molecular weight excluding hydrogens is 452 g/mol. The lowest BCUT2D eigenvalue weighted by Gasteiger charge is -2.15. The number of benzene rings is 2. The van der Waals surface area contributed by atoms with E-state index < -0.39 is 40.1 Å². The summed E-state index contributed by atoms with van der Waals surface area (Å²) in [5.74, 6) is -2.12. The third-order valence-corrected chi connectivity index (χ3v) is 5.09. The molecule has 168 valence electrons. The first-order valence-corrected chi connectivity index (χ1v) is 10.5. The number of alkyl halides is 3. The summed E-state index contributed by atoms with van der Waals surface area (Å²) in [5.41, 5.74) is -1.33. The van der Waals surface area contributed by atoms with Crippen molar-refractivity contribution in [1.29, 1.82) is 0 Å². The Kier molecular flexibility index (Phi) is 6.78. The Morgan fingerprint density at radius 3 is 2.47 bits per heavy atom. The third-order valence-electron chi connectivity index (χ3n) is 4.17. The number of carbonyl (C=O) groups excluding carboxylic acids is 1. The Labute approximate surface area is 182 Å². The van der Waals surface area contributed by atoms with Crippen molar-refractivity contribution in [2.45, 2.75) is 11.1 Å². The molecule has 0 spiro atoms. The normalized spacial score (nSPS) is 12.2. The average Bonchev–Trinajstić information content (AvgIpc) is 2.74. The number of amides is 1. The first-order chi connectivity index (χ1) is 15.1. The van der Waals surface area contributed by atoms with Gasteiger partial charge >= 0.3 is 6.18 Å². The molecule has 32 heavy (non-hydrogen) atoms. The van der Waals surface area contributed by atoms with Crippen molar-refractivity contribution in [3.05, 3.63) is 71.8 Å². The average molecular weight is 468 g/mol. The van der Waals surface area contributed by atoms with Crippen LogP contribution in [0, 0.1) is 5.82 Å². The zero-order chi connectivity index (χ0) is 23.5. The summed E-state index contributed by atoms with van der Waals surface area (Å²) in [6, 6.07) is 9.89. The molecule has 0 aliphatic heterocycles. The second-order valence-electron chi connectivity index (χ2n) is 6.40. The van der Waals surface area contributed by atoms with E-state index in [0.717, 1.165) is 24.4 Å². The second-order valence-corrected chi connectivity index (χ2v) is 7.78. The maximum atomic E-state index is 13.5. The van der Waals surface area contributed by atoms with Crippen LogP contribution in [0.2, 0.25) is 0 Å². The number of methoxy groups -OCH3 is 1. The minimum absolute atomic E-state index is 0.0835. The highest BCUT2D eigenvalue weighted by Gasteiger charge is 2.34. The van der Waals surface area contributed by atoms with Gasteiger partial charge in [0, 0.05) is 46.0 Å². The van der Waals surface area contributed by atoms with Gasteiger partial charge in [0.15, 0.2) is 11.5 Å². The number of ether oxygens (including phenoxy) is 2. The van der Waals surface area contributed by atoms with E-state index in [-0.39, 0.29) is 22.7 Å². The number of nitrogens with one attached hydrogen (secondary N) is 1. The van der Waals surface area contributed by atoms with Crippen LogP contribution in [0.3, 0.4) is 0 Å². The number of hydrogen-bond acceptors (Lipinski definition) is 5. The van der Waals surface area contributed by atoms with Crippen molar-refractivity contribution in [3.8, 4) is 17.2 Å². The highest BCUT2D eigenvalue weighted by atomic mass is 32.2. The molecule has 0 aliphatic carbocycles. The molecule has 1 heterocycles. The van der Waals surface area contributed by atoms with E-state index >= 15 is 0 Å². The van der Waals surface area contributed by atoms with E-state index in [1.165, 1.54) is 25.5 Å². The molecule has 0 saturated carbocycles. The zero-order valence-electron chi connectivity index (χ0n) is 16.7. The maximum absolute atomic E-state index is 13.5. The quantitative estimate of drug-likeness (QED) is 0.514. The first kappa shape index (κ1) is 23.2. The lowest BCUT2D eigenvalue weighted by Crippen LogP contribution is -2.16. The van der Waals surface area contributed by atoms with Crippen LogP contribution in [-0.4, -0.2) is 28.5 Å². The summed E-state index contributed by atoms with van der Waals surface area (Å²) in [7, 11) is -0.0764. The molecule has 3 rings (SSSR count). The molecule has 6 nitrogen and oxygen atoms in total. The van der Waals surface area contributed by atoms with Crippen molar-refractivity contribution in [1.82, 2.24) is 4.98 Å². The van der Waals surface area contributed by atoms with Gasteiger partial charge in [0.2, 0.25) is 0 Å². The van der Waals surface area contributed by atoms with Gasteiger partial charge in [-0.15, -0.1) is 0 Å². The molecular formula is C21H16F4N2O4S. The summed E-state index contributed by atoms with van der Waals surface area (Å²) in [6.07, 6.45) is -2.60. The van der Waals surface area contributed by atoms with Crippen molar-refractivity contribution < 1.29 is 36.0 Å². The summed E-state index contributed by atoms with van der Waals surface area (Å²) in [4.78, 5) is 16.6. The molecule has 11 heteroatoms. The van der Waals surface area contributed by atoms with E-state index in [9.17, 15) is 26.6 Å². The van der Waals surface area contributed by atoms with Crippen LogP contribution in [-0.2, 0) is 17.0 Å². The van der Waals surface area contributed by atoms with Crippen LogP contribution in [0.1, 0.15) is 16.1 Å². The highest BCUT2D eigenvalue weighted by molar-refractivity contribution is 7.84.